The SMILES string of the molecule is COc1cccc(-c2coc3cc(OC)c(/C(C)=C/C(=O)Nc4cc([N+](=O)[O-])ccc4OC)cc23)c1. The van der Waals surface area contributed by atoms with E-state index in [0.717, 1.165) is 22.3 Å². The number of nitro benzene ring substituents is 1. The van der Waals surface area contributed by atoms with Gasteiger partial charge in [0.1, 0.15) is 22.8 Å². The molecule has 0 saturated heterocycles. The number of hydrogen-bond acceptors (Lipinski definition) is 7. The molecule has 0 bridgehead atoms. The number of nitrogens with zero attached hydrogens (tertiary/aromatic N) is 1. The highest BCUT2D eigenvalue weighted by Crippen LogP contribution is 2.38. The van der Waals surface area contributed by atoms with Crippen LogP contribution in [0.2, 0.25) is 0 Å². The number of fused-ring (bicyclic) bond motifs is 1. The lowest BCUT2D eigenvalue weighted by Crippen LogP contribution is -2.10. The fraction of sp³-hybridized carbons (Fsp3) is 0.148. The summed E-state index contributed by atoms with van der Waals surface area (Å²) in [7, 11) is 4.57. The van der Waals surface area contributed by atoms with Gasteiger partial charge in [-0.15, -0.1) is 0 Å². The van der Waals surface area contributed by atoms with Crippen LogP contribution in [0.25, 0.3) is 27.7 Å². The maximum absolute atomic E-state index is 12.8. The van der Waals surface area contributed by atoms with Gasteiger partial charge in [0.15, 0.2) is 0 Å². The van der Waals surface area contributed by atoms with Gasteiger partial charge in [0, 0.05) is 40.8 Å². The first-order chi connectivity index (χ1) is 17.3. The van der Waals surface area contributed by atoms with Crippen molar-refractivity contribution in [3.05, 3.63) is 82.6 Å². The van der Waals surface area contributed by atoms with E-state index in [1.807, 2.05) is 30.3 Å². The molecule has 0 spiro atoms. The van der Waals surface area contributed by atoms with E-state index in [9.17, 15) is 14.9 Å². The molecule has 4 rings (SSSR count). The van der Waals surface area contributed by atoms with Crippen LogP contribution in [0.1, 0.15) is 12.5 Å². The van der Waals surface area contributed by atoms with Gasteiger partial charge in [-0.05, 0) is 42.3 Å². The third kappa shape index (κ3) is 4.85. The number of nitro groups is 1. The Morgan fingerprint density at radius 1 is 1.00 bits per heavy atom. The van der Waals surface area contributed by atoms with E-state index in [0.29, 0.717) is 28.2 Å². The van der Waals surface area contributed by atoms with E-state index < -0.39 is 10.8 Å². The van der Waals surface area contributed by atoms with Crippen molar-refractivity contribution >= 4 is 33.8 Å². The molecule has 3 aromatic carbocycles. The predicted octanol–water partition coefficient (Wildman–Crippen LogP) is 6.08. The lowest BCUT2D eigenvalue weighted by Gasteiger charge is -2.11. The molecular weight excluding hydrogens is 464 g/mol. The summed E-state index contributed by atoms with van der Waals surface area (Å²) in [5, 5.41) is 14.6. The van der Waals surface area contributed by atoms with Crippen molar-refractivity contribution in [2.24, 2.45) is 0 Å². The van der Waals surface area contributed by atoms with Crippen LogP contribution in [0.4, 0.5) is 11.4 Å². The van der Waals surface area contributed by atoms with Crippen molar-refractivity contribution in [1.29, 1.82) is 0 Å². The van der Waals surface area contributed by atoms with E-state index in [2.05, 4.69) is 5.32 Å². The minimum Gasteiger partial charge on any atom is -0.497 e. The zero-order chi connectivity index (χ0) is 25.8. The van der Waals surface area contributed by atoms with Crippen molar-refractivity contribution < 1.29 is 28.3 Å². The average Bonchev–Trinajstić information content (AvgIpc) is 3.30. The lowest BCUT2D eigenvalue weighted by atomic mass is 9.99. The van der Waals surface area contributed by atoms with E-state index in [4.69, 9.17) is 18.6 Å². The number of furan rings is 1. The first-order valence-corrected chi connectivity index (χ1v) is 10.9. The van der Waals surface area contributed by atoms with E-state index in [1.165, 1.54) is 38.5 Å². The summed E-state index contributed by atoms with van der Waals surface area (Å²) >= 11 is 0. The van der Waals surface area contributed by atoms with Crippen LogP contribution >= 0.6 is 0 Å². The fourth-order valence-corrected chi connectivity index (χ4v) is 3.90. The predicted molar refractivity (Wildman–Crippen MR) is 137 cm³/mol. The molecule has 4 aromatic rings. The summed E-state index contributed by atoms with van der Waals surface area (Å²) in [6.45, 7) is 1.78. The van der Waals surface area contributed by atoms with Gasteiger partial charge >= 0.3 is 0 Å². The minimum atomic E-state index is -0.541. The maximum Gasteiger partial charge on any atom is 0.271 e. The number of ether oxygens (including phenoxy) is 3. The zero-order valence-corrected chi connectivity index (χ0v) is 20.2. The van der Waals surface area contributed by atoms with Gasteiger partial charge in [0.05, 0.1) is 38.2 Å². The van der Waals surface area contributed by atoms with Crippen molar-refractivity contribution in [3.8, 4) is 28.4 Å². The molecule has 0 aliphatic heterocycles. The topological polar surface area (TPSA) is 113 Å². The third-order valence-corrected chi connectivity index (χ3v) is 5.70. The van der Waals surface area contributed by atoms with E-state index in [1.54, 1.807) is 26.4 Å². The number of benzene rings is 3. The number of amides is 1. The molecule has 1 N–H and O–H groups in total. The molecule has 0 aliphatic carbocycles. The Balaban J connectivity index is 1.71. The Labute approximate surface area is 207 Å². The van der Waals surface area contributed by atoms with Gasteiger partial charge in [0.2, 0.25) is 5.91 Å². The number of carbonyl (C=O) groups excluding carboxylic acids is 1. The minimum absolute atomic E-state index is 0.163. The second-order valence-corrected chi connectivity index (χ2v) is 7.89. The Hall–Kier alpha value is -4.79. The molecule has 0 radical (unpaired) electrons. The highest BCUT2D eigenvalue weighted by atomic mass is 16.6. The van der Waals surface area contributed by atoms with Crippen molar-refractivity contribution in [3.63, 3.8) is 0 Å². The molecule has 9 nitrogen and oxygen atoms in total. The van der Waals surface area contributed by atoms with Gasteiger partial charge in [0.25, 0.3) is 5.69 Å². The average molecular weight is 488 g/mol. The summed E-state index contributed by atoms with van der Waals surface area (Å²) in [6.07, 6.45) is 3.07. The Kier molecular flexibility index (Phi) is 6.91. The molecule has 0 unspecified atom stereocenters. The van der Waals surface area contributed by atoms with Gasteiger partial charge in [-0.3, -0.25) is 14.9 Å². The summed E-state index contributed by atoms with van der Waals surface area (Å²) in [6, 6.07) is 15.3. The summed E-state index contributed by atoms with van der Waals surface area (Å²) in [4.78, 5) is 23.4. The quantitative estimate of drug-likeness (QED) is 0.182. The first kappa shape index (κ1) is 24.3. The normalized spacial score (nSPS) is 11.3. The van der Waals surface area contributed by atoms with Crippen LogP contribution in [0.5, 0.6) is 17.2 Å². The molecule has 36 heavy (non-hydrogen) atoms. The molecule has 9 heteroatoms. The van der Waals surface area contributed by atoms with E-state index >= 15 is 0 Å². The lowest BCUT2D eigenvalue weighted by molar-refractivity contribution is -0.384. The number of non-ortho nitro benzene ring substituents is 1. The highest BCUT2D eigenvalue weighted by molar-refractivity contribution is 6.06. The van der Waals surface area contributed by atoms with Crippen LogP contribution < -0.4 is 19.5 Å². The van der Waals surface area contributed by atoms with E-state index in [-0.39, 0.29) is 11.4 Å². The molecule has 0 aliphatic rings. The number of rotatable bonds is 8. The van der Waals surface area contributed by atoms with Gasteiger partial charge in [-0.25, -0.2) is 0 Å². The first-order valence-electron chi connectivity index (χ1n) is 10.9. The summed E-state index contributed by atoms with van der Waals surface area (Å²) in [5.41, 5.74) is 3.76. The monoisotopic (exact) mass is 488 g/mol. The summed E-state index contributed by atoms with van der Waals surface area (Å²) in [5.74, 6) is 1.08. The molecular formula is C27H24N2O7. The third-order valence-electron chi connectivity index (χ3n) is 5.70. The molecule has 0 fully saturated rings. The number of anilines is 1. The molecule has 1 heterocycles. The van der Waals surface area contributed by atoms with Crippen LogP contribution in [0.3, 0.4) is 0 Å². The van der Waals surface area contributed by atoms with Crippen molar-refractivity contribution in [1.82, 2.24) is 0 Å². The second kappa shape index (κ2) is 10.2. The summed E-state index contributed by atoms with van der Waals surface area (Å²) < 4.78 is 21.9. The number of allylic oxidation sites excluding steroid dienone is 1. The van der Waals surface area contributed by atoms with Crippen LogP contribution in [0.15, 0.2) is 71.4 Å². The fourth-order valence-electron chi connectivity index (χ4n) is 3.90. The Morgan fingerprint density at radius 2 is 1.78 bits per heavy atom. The van der Waals surface area contributed by atoms with Gasteiger partial charge < -0.3 is 23.9 Å². The molecule has 0 atom stereocenters. The number of nitrogens with one attached hydrogen (secondary N) is 1. The Bertz CT molecular complexity index is 1490. The second-order valence-electron chi connectivity index (χ2n) is 7.89. The van der Waals surface area contributed by atoms with Crippen LogP contribution in [-0.4, -0.2) is 32.2 Å². The van der Waals surface area contributed by atoms with Gasteiger partial charge in [-0.1, -0.05) is 12.1 Å². The number of carbonyl (C=O) groups is 1. The molecule has 184 valence electrons. The van der Waals surface area contributed by atoms with Crippen LogP contribution in [-0.2, 0) is 4.79 Å². The molecule has 0 saturated carbocycles. The zero-order valence-electron chi connectivity index (χ0n) is 20.2. The Morgan fingerprint density at radius 3 is 2.47 bits per heavy atom. The van der Waals surface area contributed by atoms with Gasteiger partial charge in [-0.2, -0.15) is 0 Å². The molecule has 1 amide bonds. The smallest absolute Gasteiger partial charge is 0.271 e. The van der Waals surface area contributed by atoms with Crippen LogP contribution in [0, 0.1) is 10.1 Å². The standard InChI is InChI=1S/C27H24N2O7/c1-16(10-27(30)28-23-12-18(29(31)32)8-9-24(23)34-3)20-13-21-22(15-36-26(21)14-25(20)35-4)17-6-5-7-19(11-17)33-2/h5-15H,1-4H3,(H,28,30)/b16-10+. The number of methoxy groups -OCH3 is 3. The number of hydrogen-bond donors (Lipinski definition) is 1. The molecule has 1 aromatic heterocycles. The maximum atomic E-state index is 12.8. The largest absolute Gasteiger partial charge is 0.497 e. The highest BCUT2D eigenvalue weighted by Gasteiger charge is 2.17. The van der Waals surface area contributed by atoms with Crippen molar-refractivity contribution in [2.75, 3.05) is 26.6 Å². The van der Waals surface area contributed by atoms with Crippen molar-refractivity contribution in [2.45, 2.75) is 6.92 Å².